The van der Waals surface area contributed by atoms with Crippen LogP contribution in [0.3, 0.4) is 0 Å². The van der Waals surface area contributed by atoms with Crippen molar-refractivity contribution in [1.82, 2.24) is 0 Å². The van der Waals surface area contributed by atoms with Crippen LogP contribution in [0.5, 0.6) is 0 Å². The number of aliphatic hydroxyl groups is 1. The van der Waals surface area contributed by atoms with Gasteiger partial charge in [0.05, 0.1) is 6.10 Å². The second-order valence-electron chi connectivity index (χ2n) is 3.60. The smallest absolute Gasteiger partial charge is 0.161 e. The van der Waals surface area contributed by atoms with Crippen molar-refractivity contribution in [2.24, 2.45) is 0 Å². The summed E-state index contributed by atoms with van der Waals surface area (Å²) in [6, 6.07) is 1.42. The minimum absolute atomic E-state index is 0.148. The van der Waals surface area contributed by atoms with Crippen molar-refractivity contribution in [3.8, 4) is 0 Å². The fourth-order valence-corrected chi connectivity index (χ4v) is 1.34. The Balaban J connectivity index is 2.65. The number of hydrogen-bond acceptors (Lipinski definition) is 1. The predicted molar refractivity (Wildman–Crippen MR) is 50.9 cm³/mol. The fraction of sp³-hybridized carbons (Fsp3) is 0.455. The van der Waals surface area contributed by atoms with Crippen molar-refractivity contribution in [3.05, 3.63) is 35.1 Å². The first-order chi connectivity index (χ1) is 7.00. The molecule has 1 nitrogen and oxygen atoms in total. The molecule has 0 saturated carbocycles. The lowest BCUT2D eigenvalue weighted by atomic mass is 10.1. The third-order valence-corrected chi connectivity index (χ3v) is 2.16. The molecule has 0 aliphatic rings. The van der Waals surface area contributed by atoms with Crippen LogP contribution in [0.1, 0.15) is 25.3 Å². The van der Waals surface area contributed by atoms with Gasteiger partial charge in [-0.05, 0) is 37.8 Å². The topological polar surface area (TPSA) is 20.2 Å². The van der Waals surface area contributed by atoms with Crippen molar-refractivity contribution in [2.45, 2.75) is 32.3 Å². The zero-order chi connectivity index (χ0) is 11.4. The molecule has 0 fully saturated rings. The number of aryl methyl sites for hydroxylation is 1. The van der Waals surface area contributed by atoms with Gasteiger partial charge in [0.15, 0.2) is 11.6 Å². The maximum atomic E-state index is 13.1. The van der Waals surface area contributed by atoms with E-state index in [9.17, 15) is 13.2 Å². The Morgan fingerprint density at radius 1 is 1.13 bits per heavy atom. The van der Waals surface area contributed by atoms with Crippen molar-refractivity contribution < 1.29 is 18.3 Å². The Morgan fingerprint density at radius 3 is 2.33 bits per heavy atom. The lowest BCUT2D eigenvalue weighted by molar-refractivity contribution is 0.181. The van der Waals surface area contributed by atoms with Gasteiger partial charge in [0.1, 0.15) is 5.82 Å². The molecule has 15 heavy (non-hydrogen) atoms. The van der Waals surface area contributed by atoms with E-state index < -0.39 is 23.6 Å². The van der Waals surface area contributed by atoms with Gasteiger partial charge in [-0.15, -0.1) is 0 Å². The monoisotopic (exact) mass is 218 g/mol. The van der Waals surface area contributed by atoms with Gasteiger partial charge < -0.3 is 5.11 Å². The third-order valence-electron chi connectivity index (χ3n) is 2.16. The highest BCUT2D eigenvalue weighted by atomic mass is 19.2. The normalized spacial score (nSPS) is 12.9. The van der Waals surface area contributed by atoms with E-state index in [0.717, 1.165) is 6.07 Å². The summed E-state index contributed by atoms with van der Waals surface area (Å²) in [4.78, 5) is 0. The maximum absolute atomic E-state index is 13.1. The molecular formula is C11H13F3O. The summed E-state index contributed by atoms with van der Waals surface area (Å²) in [7, 11) is 0. The van der Waals surface area contributed by atoms with E-state index in [0.29, 0.717) is 25.3 Å². The minimum atomic E-state index is -1.17. The average Bonchev–Trinajstić information content (AvgIpc) is 2.13. The summed E-state index contributed by atoms with van der Waals surface area (Å²) in [6.07, 6.45) is 0.893. The van der Waals surface area contributed by atoms with Crippen LogP contribution in [0.4, 0.5) is 13.2 Å². The SMILES string of the molecule is C[C@@H](O)CCCc1cc(F)c(F)cc1F. The number of hydrogen-bond donors (Lipinski definition) is 1. The molecular weight excluding hydrogens is 205 g/mol. The molecule has 4 heteroatoms. The zero-order valence-corrected chi connectivity index (χ0v) is 8.43. The molecule has 0 bridgehead atoms. The van der Waals surface area contributed by atoms with E-state index in [2.05, 4.69) is 0 Å². The number of benzene rings is 1. The first kappa shape index (κ1) is 12.0. The standard InChI is InChI=1S/C11H13F3O/c1-7(15)3-2-4-8-5-10(13)11(14)6-9(8)12/h5-7,15H,2-4H2,1H3/t7-/m1/s1. The van der Waals surface area contributed by atoms with E-state index in [4.69, 9.17) is 5.11 Å². The Hall–Kier alpha value is -1.03. The van der Waals surface area contributed by atoms with Gasteiger partial charge in [-0.1, -0.05) is 0 Å². The van der Waals surface area contributed by atoms with E-state index in [1.165, 1.54) is 0 Å². The molecule has 0 unspecified atom stereocenters. The lowest BCUT2D eigenvalue weighted by Gasteiger charge is -2.05. The van der Waals surface area contributed by atoms with Crippen molar-refractivity contribution in [2.75, 3.05) is 0 Å². The van der Waals surface area contributed by atoms with Gasteiger partial charge in [0.25, 0.3) is 0 Å². The summed E-state index contributed by atoms with van der Waals surface area (Å²) in [5.74, 6) is -2.95. The van der Waals surface area contributed by atoms with Crippen LogP contribution in [0.25, 0.3) is 0 Å². The average molecular weight is 218 g/mol. The van der Waals surface area contributed by atoms with Crippen LogP contribution < -0.4 is 0 Å². The van der Waals surface area contributed by atoms with E-state index in [1.54, 1.807) is 6.92 Å². The Labute approximate surface area is 86.5 Å². The van der Waals surface area contributed by atoms with Crippen LogP contribution in [-0.4, -0.2) is 11.2 Å². The molecule has 0 heterocycles. The number of aliphatic hydroxyl groups excluding tert-OH is 1. The second kappa shape index (κ2) is 5.16. The molecule has 1 atom stereocenters. The largest absolute Gasteiger partial charge is 0.393 e. The Morgan fingerprint density at radius 2 is 1.73 bits per heavy atom. The number of halogens is 3. The van der Waals surface area contributed by atoms with E-state index in [1.807, 2.05) is 0 Å². The quantitative estimate of drug-likeness (QED) is 0.770. The second-order valence-corrected chi connectivity index (χ2v) is 3.60. The molecule has 0 aliphatic carbocycles. The van der Waals surface area contributed by atoms with E-state index in [-0.39, 0.29) is 5.56 Å². The van der Waals surface area contributed by atoms with Gasteiger partial charge in [-0.3, -0.25) is 0 Å². The van der Waals surface area contributed by atoms with Crippen LogP contribution in [-0.2, 0) is 6.42 Å². The van der Waals surface area contributed by atoms with Gasteiger partial charge in [-0.25, -0.2) is 13.2 Å². The highest BCUT2D eigenvalue weighted by molar-refractivity contribution is 5.20. The first-order valence-corrected chi connectivity index (χ1v) is 4.82. The molecule has 1 aromatic carbocycles. The third kappa shape index (κ3) is 3.55. The van der Waals surface area contributed by atoms with Gasteiger partial charge in [-0.2, -0.15) is 0 Å². The molecule has 1 rings (SSSR count). The molecule has 1 aromatic rings. The molecule has 0 amide bonds. The summed E-state index contributed by atoms with van der Waals surface area (Å²) < 4.78 is 38.4. The molecule has 1 N–H and O–H groups in total. The van der Waals surface area contributed by atoms with Crippen molar-refractivity contribution in [3.63, 3.8) is 0 Å². The highest BCUT2D eigenvalue weighted by Gasteiger charge is 2.09. The predicted octanol–water partition coefficient (Wildman–Crippen LogP) is 2.81. The number of rotatable bonds is 4. The van der Waals surface area contributed by atoms with Gasteiger partial charge in [0.2, 0.25) is 0 Å². The van der Waals surface area contributed by atoms with Gasteiger partial charge in [0, 0.05) is 6.07 Å². The zero-order valence-electron chi connectivity index (χ0n) is 8.43. The summed E-state index contributed by atoms with van der Waals surface area (Å²) in [5.41, 5.74) is 0.148. The molecule has 0 spiro atoms. The molecule has 0 saturated heterocycles. The summed E-state index contributed by atoms with van der Waals surface area (Å²) in [5, 5.41) is 8.97. The van der Waals surface area contributed by atoms with E-state index >= 15 is 0 Å². The summed E-state index contributed by atoms with van der Waals surface area (Å²) >= 11 is 0. The maximum Gasteiger partial charge on any atom is 0.161 e. The highest BCUT2D eigenvalue weighted by Crippen LogP contribution is 2.16. The van der Waals surface area contributed by atoms with Gasteiger partial charge >= 0.3 is 0 Å². The molecule has 0 aromatic heterocycles. The minimum Gasteiger partial charge on any atom is -0.393 e. The Kier molecular flexibility index (Phi) is 4.15. The molecule has 0 aliphatic heterocycles. The van der Waals surface area contributed by atoms with Crippen LogP contribution in [0.15, 0.2) is 12.1 Å². The van der Waals surface area contributed by atoms with Crippen LogP contribution >= 0.6 is 0 Å². The molecule has 84 valence electrons. The first-order valence-electron chi connectivity index (χ1n) is 4.82. The van der Waals surface area contributed by atoms with Crippen molar-refractivity contribution >= 4 is 0 Å². The fourth-order valence-electron chi connectivity index (χ4n) is 1.34. The van der Waals surface area contributed by atoms with Crippen LogP contribution in [0.2, 0.25) is 0 Å². The molecule has 0 radical (unpaired) electrons. The van der Waals surface area contributed by atoms with Crippen LogP contribution in [0, 0.1) is 17.5 Å². The summed E-state index contributed by atoms with van der Waals surface area (Å²) in [6.45, 7) is 1.63. The lowest BCUT2D eigenvalue weighted by Crippen LogP contribution is -2.01. The van der Waals surface area contributed by atoms with Crippen molar-refractivity contribution in [1.29, 1.82) is 0 Å². The Bertz CT molecular complexity index is 337.